The predicted molar refractivity (Wildman–Crippen MR) is 77.5 cm³/mol. The van der Waals surface area contributed by atoms with Crippen molar-refractivity contribution in [3.63, 3.8) is 0 Å². The van der Waals surface area contributed by atoms with Crippen molar-refractivity contribution >= 4 is 16.1 Å². The minimum absolute atomic E-state index is 0.0486. The van der Waals surface area contributed by atoms with Gasteiger partial charge in [0.15, 0.2) is 0 Å². The van der Waals surface area contributed by atoms with Gasteiger partial charge >= 0.3 is 129 Å². The number of aliphatic hydroxyl groups excluding tert-OH is 5. The second-order valence-electron chi connectivity index (χ2n) is 5.54. The molecule has 0 aliphatic heterocycles. The summed E-state index contributed by atoms with van der Waals surface area (Å²) >= 11 is 0. The average Bonchev–Trinajstić information content (AvgIpc) is 2.48. The quantitative estimate of drug-likeness (QED) is 0.196. The normalized spacial score (nSPS) is 15.9. The summed E-state index contributed by atoms with van der Waals surface area (Å²) in [6.07, 6.45) is -2.43. The first kappa shape index (κ1) is 21.6. The van der Waals surface area contributed by atoms with Crippen molar-refractivity contribution in [1.29, 1.82) is 0 Å². The molecular weight excluding hydrogens is 317 g/mol. The van der Waals surface area contributed by atoms with E-state index in [1.165, 1.54) is 0 Å². The van der Waals surface area contributed by atoms with E-state index in [-0.39, 0.29) is 18.9 Å². The Balaban J connectivity index is 5.70. The molecule has 2 atom stereocenters. The first-order valence-electron chi connectivity index (χ1n) is 6.76. The van der Waals surface area contributed by atoms with Crippen molar-refractivity contribution in [2.24, 2.45) is 5.92 Å². The number of β-amino-alcohol motifs (C(OH)–C–C–N with tert-alkyl or cyclic N) is 1. The molecule has 0 aromatic rings. The molecular formula is C11H24BNO8S. The molecule has 0 heterocycles. The Kier molecular flexibility index (Phi) is 8.84. The molecule has 0 aliphatic rings. The van der Waals surface area contributed by atoms with Crippen LogP contribution in [0.1, 0.15) is 20.3 Å². The van der Waals surface area contributed by atoms with Crippen LogP contribution < -0.4 is 0 Å². The van der Waals surface area contributed by atoms with Crippen LogP contribution in [0.5, 0.6) is 0 Å². The van der Waals surface area contributed by atoms with Crippen LogP contribution in [0.25, 0.3) is 0 Å². The molecule has 0 amide bonds. The number of hydrogen-bond acceptors (Lipinski definition) is 9. The van der Waals surface area contributed by atoms with Crippen molar-refractivity contribution in [3.05, 3.63) is 0 Å². The van der Waals surface area contributed by atoms with Crippen molar-refractivity contribution in [2.75, 3.05) is 26.4 Å². The molecule has 130 valence electrons. The van der Waals surface area contributed by atoms with Crippen LogP contribution in [0.3, 0.4) is 0 Å². The van der Waals surface area contributed by atoms with E-state index in [4.69, 9.17) is 5.11 Å². The predicted octanol–water partition coefficient (Wildman–Crippen LogP) is -2.93. The van der Waals surface area contributed by atoms with Gasteiger partial charge in [0.1, 0.15) is 0 Å². The van der Waals surface area contributed by atoms with Crippen molar-refractivity contribution in [3.8, 4) is 0 Å². The Hall–Kier alpha value is -0.425. The zero-order valence-electron chi connectivity index (χ0n) is 12.7. The van der Waals surface area contributed by atoms with Gasteiger partial charge in [-0.3, -0.25) is 0 Å². The summed E-state index contributed by atoms with van der Waals surface area (Å²) in [7, 11) is -4.63. The van der Waals surface area contributed by atoms with E-state index in [2.05, 4.69) is 0 Å². The molecule has 0 aliphatic carbocycles. The minimum atomic E-state index is -4.63. The summed E-state index contributed by atoms with van der Waals surface area (Å²) in [5, 5.41) is 48.1. The maximum absolute atomic E-state index is 11.4. The Labute approximate surface area is 130 Å². The summed E-state index contributed by atoms with van der Waals surface area (Å²) in [5.41, 5.74) is -3.92. The second-order valence-corrected chi connectivity index (χ2v) is 7.40. The number of nitrogens with zero attached hydrogens (tertiary/aromatic N) is 1. The van der Waals surface area contributed by atoms with E-state index >= 15 is 0 Å². The SMILES string of the molecule is CC(C)CC(CO)(CO)N(CCO)C(O)C(O)S(=O)(=O)B=O. The molecule has 0 bridgehead atoms. The summed E-state index contributed by atoms with van der Waals surface area (Å²) in [5.74, 6) is -0.0486. The fourth-order valence-electron chi connectivity index (χ4n) is 2.38. The van der Waals surface area contributed by atoms with E-state index < -0.39 is 53.1 Å². The van der Waals surface area contributed by atoms with Crippen molar-refractivity contribution in [1.82, 2.24) is 4.90 Å². The first-order chi connectivity index (χ1) is 10.1. The molecule has 0 rings (SSSR count). The van der Waals surface area contributed by atoms with Crippen molar-refractivity contribution < 1.29 is 38.7 Å². The molecule has 0 saturated carbocycles. The summed E-state index contributed by atoms with van der Waals surface area (Å²) in [4.78, 5) is 0.902. The fraction of sp³-hybridized carbons (Fsp3) is 1.00. The molecule has 0 spiro atoms. The van der Waals surface area contributed by atoms with Gasteiger partial charge in [-0.15, -0.1) is 0 Å². The van der Waals surface area contributed by atoms with E-state index in [1.54, 1.807) is 13.8 Å². The van der Waals surface area contributed by atoms with Crippen LogP contribution in [0, 0.1) is 5.92 Å². The molecule has 0 saturated heterocycles. The molecule has 2 unspecified atom stereocenters. The van der Waals surface area contributed by atoms with Gasteiger partial charge in [-0.1, -0.05) is 0 Å². The summed E-state index contributed by atoms with van der Waals surface area (Å²) in [6, 6.07) is 0. The Morgan fingerprint density at radius 3 is 1.95 bits per heavy atom. The van der Waals surface area contributed by atoms with Gasteiger partial charge in [-0.05, 0) is 0 Å². The fourth-order valence-corrected chi connectivity index (χ4v) is 2.98. The molecule has 0 aromatic heterocycles. The first-order valence-corrected chi connectivity index (χ1v) is 8.37. The van der Waals surface area contributed by atoms with E-state index in [1.807, 2.05) is 0 Å². The van der Waals surface area contributed by atoms with Crippen LogP contribution in [-0.2, 0) is 14.4 Å². The Bertz CT molecular complexity index is 439. The third kappa shape index (κ3) is 5.05. The maximum atomic E-state index is 11.4. The molecule has 0 aromatic carbocycles. The molecule has 0 radical (unpaired) electrons. The van der Waals surface area contributed by atoms with Gasteiger partial charge in [0.05, 0.1) is 0 Å². The third-order valence-electron chi connectivity index (χ3n) is 3.37. The molecule has 22 heavy (non-hydrogen) atoms. The number of hydrogen-bond donors (Lipinski definition) is 5. The molecule has 0 fully saturated rings. The summed E-state index contributed by atoms with van der Waals surface area (Å²) < 4.78 is 33.3. The zero-order chi connectivity index (χ0) is 17.6. The van der Waals surface area contributed by atoms with Gasteiger partial charge in [0.25, 0.3) is 0 Å². The molecule has 9 nitrogen and oxygen atoms in total. The third-order valence-corrected chi connectivity index (χ3v) is 4.56. The van der Waals surface area contributed by atoms with Gasteiger partial charge in [0, 0.05) is 0 Å². The molecule has 11 heteroatoms. The van der Waals surface area contributed by atoms with Crippen LogP contribution in [0.4, 0.5) is 0 Å². The molecule has 5 N–H and O–H groups in total. The van der Waals surface area contributed by atoms with Crippen LogP contribution in [0.15, 0.2) is 0 Å². The van der Waals surface area contributed by atoms with E-state index in [0.717, 1.165) is 4.90 Å². The monoisotopic (exact) mass is 341 g/mol. The number of aliphatic hydroxyl groups is 5. The summed E-state index contributed by atoms with van der Waals surface area (Å²) in [6.45, 7) is 1.43. The van der Waals surface area contributed by atoms with Crippen LogP contribution >= 0.6 is 0 Å². The standard InChI is InChI=1S/C11H24BNO8S/c1-8(2)5-11(6-15,7-16)13(3-4-14)9(17)10(18)22(20,21)12-19/h8-10,14-18H,3-7H2,1-2H3. The number of rotatable bonds is 11. The average molecular weight is 341 g/mol. The second kappa shape index (κ2) is 9.01. The van der Waals surface area contributed by atoms with Crippen LogP contribution in [-0.4, -0.2) is 88.8 Å². The van der Waals surface area contributed by atoms with E-state index in [0.29, 0.717) is 0 Å². The van der Waals surface area contributed by atoms with Crippen molar-refractivity contribution in [2.45, 2.75) is 37.5 Å². The zero-order valence-corrected chi connectivity index (χ0v) is 13.5. The van der Waals surface area contributed by atoms with E-state index in [9.17, 15) is 33.5 Å². The van der Waals surface area contributed by atoms with Gasteiger partial charge < -0.3 is 0 Å². The van der Waals surface area contributed by atoms with Crippen LogP contribution in [0.2, 0.25) is 0 Å². The van der Waals surface area contributed by atoms with Gasteiger partial charge in [-0.2, -0.15) is 0 Å². The Morgan fingerprint density at radius 1 is 1.14 bits per heavy atom. The van der Waals surface area contributed by atoms with Gasteiger partial charge in [0.2, 0.25) is 0 Å². The Morgan fingerprint density at radius 2 is 1.64 bits per heavy atom. The topological polar surface area (TPSA) is 156 Å². The van der Waals surface area contributed by atoms with Gasteiger partial charge in [-0.25, -0.2) is 0 Å².